The van der Waals surface area contributed by atoms with Gasteiger partial charge >= 0.3 is 5.97 Å². The average Bonchev–Trinajstić information content (AvgIpc) is 2.78. The van der Waals surface area contributed by atoms with Gasteiger partial charge in [0.05, 0.1) is 20.1 Å². The van der Waals surface area contributed by atoms with Gasteiger partial charge in [0.1, 0.15) is 6.17 Å². The molecule has 5 nitrogen and oxygen atoms in total. The van der Waals surface area contributed by atoms with Crippen molar-refractivity contribution in [2.45, 2.75) is 19.5 Å². The van der Waals surface area contributed by atoms with Crippen LogP contribution in [0, 0.1) is 6.92 Å². The van der Waals surface area contributed by atoms with E-state index in [1.165, 1.54) is 12.7 Å². The highest BCUT2D eigenvalue weighted by molar-refractivity contribution is 5.81. The van der Waals surface area contributed by atoms with Gasteiger partial charge in [-0.15, -0.1) is 0 Å². The van der Waals surface area contributed by atoms with Crippen LogP contribution in [-0.2, 0) is 14.3 Å². The topological polar surface area (TPSA) is 58.6 Å². The van der Waals surface area contributed by atoms with E-state index in [1.54, 1.807) is 4.90 Å². The van der Waals surface area contributed by atoms with Gasteiger partial charge in [0.25, 0.3) is 0 Å². The van der Waals surface area contributed by atoms with Gasteiger partial charge in [-0.1, -0.05) is 29.8 Å². The standard InChI is InChI=1S/C14H18N2O3/c1-10-3-5-11(6-4-10)14-15-9-12(17)16(14)8-7-13(18)19-2/h3-6,14-15H,7-9H2,1-2H3. The number of carbonyl (C=O) groups is 2. The second-order valence-corrected chi connectivity index (χ2v) is 4.61. The third kappa shape index (κ3) is 3.12. The van der Waals surface area contributed by atoms with E-state index in [-0.39, 0.29) is 24.5 Å². The molecule has 5 heteroatoms. The summed E-state index contributed by atoms with van der Waals surface area (Å²) in [6.07, 6.45) is 0.0597. The van der Waals surface area contributed by atoms with Crippen LogP contribution in [0.1, 0.15) is 23.7 Å². The van der Waals surface area contributed by atoms with E-state index < -0.39 is 0 Å². The minimum absolute atomic E-state index is 0.00878. The van der Waals surface area contributed by atoms with Gasteiger partial charge in [-0.2, -0.15) is 0 Å². The van der Waals surface area contributed by atoms with Crippen LogP contribution in [0.5, 0.6) is 0 Å². The quantitative estimate of drug-likeness (QED) is 0.822. The fourth-order valence-electron chi connectivity index (χ4n) is 2.15. The number of methoxy groups -OCH3 is 1. The van der Waals surface area contributed by atoms with Gasteiger partial charge in [0, 0.05) is 6.54 Å². The molecule has 1 saturated heterocycles. The maximum Gasteiger partial charge on any atom is 0.307 e. The molecule has 1 fully saturated rings. The summed E-state index contributed by atoms with van der Waals surface area (Å²) in [6.45, 7) is 2.70. The van der Waals surface area contributed by atoms with Crippen LogP contribution >= 0.6 is 0 Å². The van der Waals surface area contributed by atoms with Crippen LogP contribution in [0.3, 0.4) is 0 Å². The number of ether oxygens (including phenoxy) is 1. The van der Waals surface area contributed by atoms with Crippen molar-refractivity contribution in [3.8, 4) is 0 Å². The number of benzene rings is 1. The first-order chi connectivity index (χ1) is 9.11. The molecule has 1 aliphatic heterocycles. The zero-order chi connectivity index (χ0) is 13.8. The molecule has 0 radical (unpaired) electrons. The lowest BCUT2D eigenvalue weighted by Gasteiger charge is -2.24. The lowest BCUT2D eigenvalue weighted by atomic mass is 10.1. The van der Waals surface area contributed by atoms with Gasteiger partial charge in [0.15, 0.2) is 0 Å². The first-order valence-corrected chi connectivity index (χ1v) is 6.28. The summed E-state index contributed by atoms with van der Waals surface area (Å²) in [4.78, 5) is 24.7. The molecule has 1 unspecified atom stereocenters. The molecule has 1 aromatic carbocycles. The number of nitrogens with one attached hydrogen (secondary N) is 1. The fourth-order valence-corrected chi connectivity index (χ4v) is 2.15. The maximum atomic E-state index is 11.8. The van der Waals surface area contributed by atoms with Crippen LogP contribution in [0.25, 0.3) is 0 Å². The van der Waals surface area contributed by atoms with Gasteiger partial charge in [-0.05, 0) is 12.5 Å². The summed E-state index contributed by atoms with van der Waals surface area (Å²) in [5.74, 6) is -0.295. The van der Waals surface area contributed by atoms with Crippen molar-refractivity contribution < 1.29 is 14.3 Å². The van der Waals surface area contributed by atoms with Crippen molar-refractivity contribution in [1.82, 2.24) is 10.2 Å². The van der Waals surface area contributed by atoms with E-state index in [4.69, 9.17) is 0 Å². The molecular weight excluding hydrogens is 244 g/mol. The van der Waals surface area contributed by atoms with Crippen LogP contribution in [0.4, 0.5) is 0 Å². The Kier molecular flexibility index (Phi) is 4.16. The van der Waals surface area contributed by atoms with E-state index in [0.29, 0.717) is 13.1 Å². The zero-order valence-electron chi connectivity index (χ0n) is 11.2. The Morgan fingerprint density at radius 3 is 2.74 bits per heavy atom. The molecule has 102 valence electrons. The largest absolute Gasteiger partial charge is 0.469 e. The SMILES string of the molecule is COC(=O)CCN1C(=O)CNC1c1ccc(C)cc1. The Morgan fingerprint density at radius 2 is 2.11 bits per heavy atom. The van der Waals surface area contributed by atoms with Crippen molar-refractivity contribution in [1.29, 1.82) is 0 Å². The lowest BCUT2D eigenvalue weighted by molar-refractivity contribution is -0.141. The molecule has 2 rings (SSSR count). The number of esters is 1. The Labute approximate surface area is 112 Å². The van der Waals surface area contributed by atoms with Crippen LogP contribution < -0.4 is 5.32 Å². The molecule has 0 aliphatic carbocycles. The number of aryl methyl sites for hydroxylation is 1. The molecule has 0 spiro atoms. The smallest absolute Gasteiger partial charge is 0.307 e. The van der Waals surface area contributed by atoms with Gasteiger partial charge < -0.3 is 9.64 Å². The molecule has 1 N–H and O–H groups in total. The van der Waals surface area contributed by atoms with Crippen LogP contribution in [0.15, 0.2) is 24.3 Å². The van der Waals surface area contributed by atoms with Crippen molar-refractivity contribution in [2.24, 2.45) is 0 Å². The molecule has 1 aromatic rings. The molecule has 1 aliphatic rings. The van der Waals surface area contributed by atoms with Crippen molar-refractivity contribution in [2.75, 3.05) is 20.2 Å². The highest BCUT2D eigenvalue weighted by Crippen LogP contribution is 2.22. The maximum absolute atomic E-state index is 11.8. The molecule has 19 heavy (non-hydrogen) atoms. The molecule has 1 amide bonds. The normalized spacial score (nSPS) is 18.7. The Balaban J connectivity index is 2.08. The van der Waals surface area contributed by atoms with Crippen LogP contribution in [0.2, 0.25) is 0 Å². The number of nitrogens with zero attached hydrogens (tertiary/aromatic N) is 1. The molecular formula is C14H18N2O3. The Bertz CT molecular complexity index is 470. The second-order valence-electron chi connectivity index (χ2n) is 4.61. The number of amides is 1. The van der Waals surface area contributed by atoms with Gasteiger partial charge in [0.2, 0.25) is 5.91 Å². The highest BCUT2D eigenvalue weighted by atomic mass is 16.5. The summed E-state index contributed by atoms with van der Waals surface area (Å²) >= 11 is 0. The first-order valence-electron chi connectivity index (χ1n) is 6.28. The average molecular weight is 262 g/mol. The minimum atomic E-state index is -0.303. The number of carbonyl (C=O) groups excluding carboxylic acids is 2. The van der Waals surface area contributed by atoms with E-state index in [9.17, 15) is 9.59 Å². The first kappa shape index (κ1) is 13.5. The minimum Gasteiger partial charge on any atom is -0.469 e. The Hall–Kier alpha value is -1.88. The molecule has 1 heterocycles. The van der Waals surface area contributed by atoms with Crippen LogP contribution in [-0.4, -0.2) is 37.0 Å². The third-order valence-corrected chi connectivity index (χ3v) is 3.26. The third-order valence-electron chi connectivity index (χ3n) is 3.26. The summed E-state index contributed by atoms with van der Waals surface area (Å²) in [5, 5.41) is 3.16. The van der Waals surface area contributed by atoms with E-state index in [0.717, 1.165) is 5.56 Å². The van der Waals surface area contributed by atoms with Gasteiger partial charge in [-0.25, -0.2) is 0 Å². The molecule has 0 bridgehead atoms. The summed E-state index contributed by atoms with van der Waals surface area (Å²) in [7, 11) is 1.35. The summed E-state index contributed by atoms with van der Waals surface area (Å²) in [5.41, 5.74) is 2.20. The van der Waals surface area contributed by atoms with Crippen molar-refractivity contribution in [3.63, 3.8) is 0 Å². The Morgan fingerprint density at radius 1 is 1.42 bits per heavy atom. The van der Waals surface area contributed by atoms with E-state index >= 15 is 0 Å². The summed E-state index contributed by atoms with van der Waals surface area (Å²) in [6, 6.07) is 8.02. The zero-order valence-corrected chi connectivity index (χ0v) is 11.2. The van der Waals surface area contributed by atoms with Crippen molar-refractivity contribution in [3.05, 3.63) is 35.4 Å². The highest BCUT2D eigenvalue weighted by Gasteiger charge is 2.31. The fraction of sp³-hybridized carbons (Fsp3) is 0.429. The number of hydrogen-bond acceptors (Lipinski definition) is 4. The summed E-state index contributed by atoms with van der Waals surface area (Å²) < 4.78 is 4.60. The monoisotopic (exact) mass is 262 g/mol. The van der Waals surface area contributed by atoms with E-state index in [1.807, 2.05) is 31.2 Å². The lowest BCUT2D eigenvalue weighted by Crippen LogP contribution is -2.32. The predicted molar refractivity (Wildman–Crippen MR) is 70.3 cm³/mol. The molecule has 0 aromatic heterocycles. The molecule has 0 saturated carbocycles. The number of hydrogen-bond donors (Lipinski definition) is 1. The number of rotatable bonds is 4. The second kappa shape index (κ2) is 5.84. The predicted octanol–water partition coefficient (Wildman–Crippen LogP) is 0.989. The van der Waals surface area contributed by atoms with Gasteiger partial charge in [-0.3, -0.25) is 14.9 Å². The van der Waals surface area contributed by atoms with E-state index in [2.05, 4.69) is 10.1 Å². The molecule has 1 atom stereocenters. The van der Waals surface area contributed by atoms with Crippen molar-refractivity contribution >= 4 is 11.9 Å².